The summed E-state index contributed by atoms with van der Waals surface area (Å²) in [5, 5.41) is 7.19. The zero-order chi connectivity index (χ0) is 12.6. The van der Waals surface area contributed by atoms with Gasteiger partial charge in [-0.1, -0.05) is 0 Å². The molecule has 2 saturated heterocycles. The Balaban J connectivity index is 1.48. The van der Waals surface area contributed by atoms with E-state index in [1.54, 1.807) is 0 Å². The number of nitrogens with zero attached hydrogens (tertiary/aromatic N) is 1. The van der Waals surface area contributed by atoms with Crippen molar-refractivity contribution in [3.8, 4) is 0 Å². The van der Waals surface area contributed by atoms with Crippen molar-refractivity contribution in [2.45, 2.75) is 18.9 Å². The molecule has 2 aliphatic rings. The second-order valence-electron chi connectivity index (χ2n) is 4.73. The summed E-state index contributed by atoms with van der Waals surface area (Å²) in [5.41, 5.74) is 0. The molecule has 18 heavy (non-hydrogen) atoms. The van der Waals surface area contributed by atoms with E-state index >= 15 is 0 Å². The van der Waals surface area contributed by atoms with Gasteiger partial charge in [-0.05, 0) is 25.1 Å². The SMILES string of the molecule is S=C(NCCN1CCOCC1)NCC1CCCO1. The van der Waals surface area contributed by atoms with Gasteiger partial charge in [0.1, 0.15) is 0 Å². The van der Waals surface area contributed by atoms with Gasteiger partial charge in [0.15, 0.2) is 5.11 Å². The van der Waals surface area contributed by atoms with E-state index in [4.69, 9.17) is 21.7 Å². The Morgan fingerprint density at radius 3 is 2.78 bits per heavy atom. The van der Waals surface area contributed by atoms with Crippen LogP contribution in [0.2, 0.25) is 0 Å². The molecule has 0 spiro atoms. The predicted molar refractivity (Wildman–Crippen MR) is 74.8 cm³/mol. The molecule has 1 unspecified atom stereocenters. The quantitative estimate of drug-likeness (QED) is 0.686. The van der Waals surface area contributed by atoms with Crippen LogP contribution in [-0.4, -0.2) is 68.7 Å². The number of morpholine rings is 1. The topological polar surface area (TPSA) is 45.8 Å². The van der Waals surface area contributed by atoms with E-state index in [0.717, 1.165) is 64.1 Å². The molecule has 2 rings (SSSR count). The largest absolute Gasteiger partial charge is 0.379 e. The van der Waals surface area contributed by atoms with Crippen LogP contribution in [0.25, 0.3) is 0 Å². The van der Waals surface area contributed by atoms with Crippen LogP contribution < -0.4 is 10.6 Å². The standard InChI is InChI=1S/C12H23N3O2S/c18-12(14-10-11-2-1-7-17-11)13-3-4-15-5-8-16-9-6-15/h11H,1-10H2,(H2,13,14,18). The van der Waals surface area contributed by atoms with Gasteiger partial charge in [-0.2, -0.15) is 0 Å². The van der Waals surface area contributed by atoms with E-state index in [1.165, 1.54) is 6.42 Å². The summed E-state index contributed by atoms with van der Waals surface area (Å²) in [6, 6.07) is 0. The number of thiocarbonyl (C=S) groups is 1. The molecule has 0 aromatic heterocycles. The number of hydrogen-bond acceptors (Lipinski definition) is 4. The first-order chi connectivity index (χ1) is 8.84. The van der Waals surface area contributed by atoms with Crippen molar-refractivity contribution in [1.82, 2.24) is 15.5 Å². The van der Waals surface area contributed by atoms with E-state index < -0.39 is 0 Å². The minimum absolute atomic E-state index is 0.337. The van der Waals surface area contributed by atoms with Crippen LogP contribution in [0.1, 0.15) is 12.8 Å². The summed E-state index contributed by atoms with van der Waals surface area (Å²) in [7, 11) is 0. The van der Waals surface area contributed by atoms with Gasteiger partial charge in [-0.15, -0.1) is 0 Å². The van der Waals surface area contributed by atoms with Gasteiger partial charge in [0, 0.05) is 39.3 Å². The summed E-state index contributed by atoms with van der Waals surface area (Å²) in [6.45, 7) is 7.37. The van der Waals surface area contributed by atoms with Crippen molar-refractivity contribution < 1.29 is 9.47 Å². The lowest BCUT2D eigenvalue weighted by Crippen LogP contribution is -2.44. The molecule has 104 valence electrons. The van der Waals surface area contributed by atoms with Crippen LogP contribution in [-0.2, 0) is 9.47 Å². The van der Waals surface area contributed by atoms with E-state index in [0.29, 0.717) is 6.10 Å². The van der Waals surface area contributed by atoms with Gasteiger partial charge in [0.25, 0.3) is 0 Å². The van der Waals surface area contributed by atoms with Crippen LogP contribution >= 0.6 is 12.2 Å². The Labute approximate surface area is 114 Å². The van der Waals surface area contributed by atoms with E-state index in [9.17, 15) is 0 Å². The third-order valence-corrected chi connectivity index (χ3v) is 3.62. The fraction of sp³-hybridized carbons (Fsp3) is 0.917. The Bertz CT molecular complexity index is 254. The van der Waals surface area contributed by atoms with Crippen LogP contribution in [0.5, 0.6) is 0 Å². The van der Waals surface area contributed by atoms with Crippen molar-refractivity contribution in [3.63, 3.8) is 0 Å². The smallest absolute Gasteiger partial charge is 0.166 e. The highest BCUT2D eigenvalue weighted by molar-refractivity contribution is 7.80. The molecule has 0 aromatic carbocycles. The van der Waals surface area contributed by atoms with Crippen LogP contribution in [0.15, 0.2) is 0 Å². The molecule has 0 amide bonds. The van der Waals surface area contributed by atoms with Gasteiger partial charge < -0.3 is 20.1 Å². The molecular weight excluding hydrogens is 250 g/mol. The number of nitrogens with one attached hydrogen (secondary N) is 2. The molecule has 0 aromatic rings. The highest BCUT2D eigenvalue weighted by Crippen LogP contribution is 2.10. The van der Waals surface area contributed by atoms with Gasteiger partial charge in [-0.25, -0.2) is 0 Å². The second kappa shape index (κ2) is 7.89. The fourth-order valence-electron chi connectivity index (χ4n) is 2.23. The third kappa shape index (κ3) is 5.06. The van der Waals surface area contributed by atoms with Gasteiger partial charge in [-0.3, -0.25) is 4.90 Å². The molecule has 5 nitrogen and oxygen atoms in total. The van der Waals surface area contributed by atoms with Crippen LogP contribution in [0, 0.1) is 0 Å². The first-order valence-corrected chi connectivity index (χ1v) is 7.19. The molecule has 2 N–H and O–H groups in total. The van der Waals surface area contributed by atoms with Crippen LogP contribution in [0.4, 0.5) is 0 Å². The average molecular weight is 273 g/mol. The van der Waals surface area contributed by atoms with Crippen molar-refractivity contribution in [2.24, 2.45) is 0 Å². The lowest BCUT2D eigenvalue weighted by atomic mass is 10.2. The number of rotatable bonds is 5. The highest BCUT2D eigenvalue weighted by Gasteiger charge is 2.15. The Morgan fingerprint density at radius 2 is 2.06 bits per heavy atom. The van der Waals surface area contributed by atoms with Crippen molar-refractivity contribution >= 4 is 17.3 Å². The van der Waals surface area contributed by atoms with Crippen molar-refractivity contribution in [2.75, 3.05) is 52.5 Å². The minimum atomic E-state index is 0.337. The van der Waals surface area contributed by atoms with Gasteiger partial charge in [0.05, 0.1) is 19.3 Å². The summed E-state index contributed by atoms with van der Waals surface area (Å²) in [4.78, 5) is 2.39. The maximum atomic E-state index is 5.53. The Hall–Kier alpha value is -0.430. The number of hydrogen-bond donors (Lipinski definition) is 2. The summed E-state index contributed by atoms with van der Waals surface area (Å²) in [6.07, 6.45) is 2.65. The molecule has 2 fully saturated rings. The average Bonchev–Trinajstić information content (AvgIpc) is 2.91. The first kappa shape index (κ1) is 14.0. The normalized spacial score (nSPS) is 25.0. The maximum Gasteiger partial charge on any atom is 0.166 e. The molecule has 2 aliphatic heterocycles. The zero-order valence-electron chi connectivity index (χ0n) is 10.8. The monoisotopic (exact) mass is 273 g/mol. The minimum Gasteiger partial charge on any atom is -0.379 e. The van der Waals surface area contributed by atoms with Crippen LogP contribution in [0.3, 0.4) is 0 Å². The summed E-state index contributed by atoms with van der Waals surface area (Å²) >= 11 is 5.23. The lowest BCUT2D eigenvalue weighted by Gasteiger charge is -2.26. The molecule has 1 atom stereocenters. The molecule has 0 saturated carbocycles. The third-order valence-electron chi connectivity index (χ3n) is 3.33. The molecule has 0 aliphatic carbocycles. The summed E-state index contributed by atoms with van der Waals surface area (Å²) < 4.78 is 10.8. The molecular formula is C12H23N3O2S. The molecule has 2 heterocycles. The highest BCUT2D eigenvalue weighted by atomic mass is 32.1. The fourth-order valence-corrected chi connectivity index (χ4v) is 2.41. The number of ether oxygens (including phenoxy) is 2. The van der Waals surface area contributed by atoms with Gasteiger partial charge in [0.2, 0.25) is 0 Å². The van der Waals surface area contributed by atoms with E-state index in [1.807, 2.05) is 0 Å². The zero-order valence-corrected chi connectivity index (χ0v) is 11.6. The van der Waals surface area contributed by atoms with E-state index in [2.05, 4.69) is 15.5 Å². The predicted octanol–water partition coefficient (Wildman–Crippen LogP) is -0.0383. The lowest BCUT2D eigenvalue weighted by molar-refractivity contribution is 0.0389. The van der Waals surface area contributed by atoms with Gasteiger partial charge >= 0.3 is 0 Å². The summed E-state index contributed by atoms with van der Waals surface area (Å²) in [5.74, 6) is 0. The molecule has 0 radical (unpaired) electrons. The van der Waals surface area contributed by atoms with E-state index in [-0.39, 0.29) is 0 Å². The second-order valence-corrected chi connectivity index (χ2v) is 5.13. The first-order valence-electron chi connectivity index (χ1n) is 6.78. The Kier molecular flexibility index (Phi) is 6.13. The Morgan fingerprint density at radius 1 is 1.22 bits per heavy atom. The maximum absolute atomic E-state index is 5.53. The molecule has 6 heteroatoms. The molecule has 0 bridgehead atoms. The van der Waals surface area contributed by atoms with Crippen molar-refractivity contribution in [3.05, 3.63) is 0 Å². The van der Waals surface area contributed by atoms with Crippen molar-refractivity contribution in [1.29, 1.82) is 0 Å².